The summed E-state index contributed by atoms with van der Waals surface area (Å²) in [5, 5.41) is 13.1. The number of benzene rings is 1. The summed E-state index contributed by atoms with van der Waals surface area (Å²) >= 11 is 5.87. The van der Waals surface area contributed by atoms with Crippen LogP contribution in [0.4, 0.5) is 5.69 Å². The molecule has 0 atom stereocenters. The third-order valence-corrected chi connectivity index (χ3v) is 5.06. The molecule has 2 rings (SSSR count). The molecular formula is C13H14ClN3O4S. The van der Waals surface area contributed by atoms with Gasteiger partial charge in [-0.1, -0.05) is 17.7 Å². The van der Waals surface area contributed by atoms with E-state index in [0.717, 1.165) is 0 Å². The van der Waals surface area contributed by atoms with Crippen molar-refractivity contribution in [3.63, 3.8) is 0 Å². The molecule has 22 heavy (non-hydrogen) atoms. The number of rotatable bonds is 4. The number of aromatic carboxylic acids is 1. The molecule has 0 fully saturated rings. The van der Waals surface area contributed by atoms with Crippen molar-refractivity contribution in [1.29, 1.82) is 0 Å². The minimum Gasteiger partial charge on any atom is -0.478 e. The number of carboxylic acid groups (broad SMARTS) is 1. The van der Waals surface area contributed by atoms with Crippen LogP contribution in [0.15, 0.2) is 23.2 Å². The van der Waals surface area contributed by atoms with Crippen molar-refractivity contribution in [2.24, 2.45) is 7.05 Å². The molecule has 0 aliphatic carbocycles. The van der Waals surface area contributed by atoms with E-state index in [-0.39, 0.29) is 21.2 Å². The van der Waals surface area contributed by atoms with Crippen molar-refractivity contribution in [2.75, 3.05) is 4.72 Å². The second-order valence-electron chi connectivity index (χ2n) is 4.74. The highest BCUT2D eigenvalue weighted by molar-refractivity contribution is 7.92. The summed E-state index contributed by atoms with van der Waals surface area (Å²) in [6.07, 6.45) is 1.21. The normalized spacial score (nSPS) is 11.5. The van der Waals surface area contributed by atoms with E-state index in [0.29, 0.717) is 11.3 Å². The standard InChI is InChI=1S/C13H14ClN3O4S/c1-7-4-5-9(14)11(13(18)19)12(7)16-22(20,21)10-6-15-17(3)8(10)2/h4-6,16H,1-3H3,(H,18,19). The second-order valence-corrected chi connectivity index (χ2v) is 6.80. The summed E-state index contributed by atoms with van der Waals surface area (Å²) < 4.78 is 28.7. The molecule has 0 saturated heterocycles. The Morgan fingerprint density at radius 3 is 2.50 bits per heavy atom. The summed E-state index contributed by atoms with van der Waals surface area (Å²) in [7, 11) is -2.36. The SMILES string of the molecule is Cc1ccc(Cl)c(C(=O)O)c1NS(=O)(=O)c1cnn(C)c1C. The molecule has 2 N–H and O–H groups in total. The van der Waals surface area contributed by atoms with Crippen LogP contribution in [0, 0.1) is 13.8 Å². The number of nitrogens with zero attached hydrogens (tertiary/aromatic N) is 2. The smallest absolute Gasteiger partial charge is 0.339 e. The molecule has 2 aromatic rings. The van der Waals surface area contributed by atoms with Gasteiger partial charge in [-0.25, -0.2) is 13.2 Å². The molecule has 0 aliphatic rings. The van der Waals surface area contributed by atoms with Gasteiger partial charge in [-0.3, -0.25) is 9.40 Å². The van der Waals surface area contributed by atoms with Gasteiger partial charge in [0.2, 0.25) is 0 Å². The van der Waals surface area contributed by atoms with Crippen LogP contribution < -0.4 is 4.72 Å². The van der Waals surface area contributed by atoms with Gasteiger partial charge in [-0.2, -0.15) is 5.10 Å². The first kappa shape index (κ1) is 16.3. The third-order valence-electron chi connectivity index (χ3n) is 3.29. The minimum absolute atomic E-state index is 0.0225. The highest BCUT2D eigenvalue weighted by Gasteiger charge is 2.25. The van der Waals surface area contributed by atoms with Gasteiger partial charge in [0.05, 0.1) is 22.6 Å². The van der Waals surface area contributed by atoms with Crippen LogP contribution in [0.25, 0.3) is 0 Å². The van der Waals surface area contributed by atoms with Crippen LogP contribution in [-0.2, 0) is 17.1 Å². The van der Waals surface area contributed by atoms with Gasteiger partial charge in [-0.05, 0) is 25.5 Å². The fourth-order valence-electron chi connectivity index (χ4n) is 1.95. The average Bonchev–Trinajstić information content (AvgIpc) is 2.74. The van der Waals surface area contributed by atoms with Crippen molar-refractivity contribution in [3.05, 3.63) is 40.2 Å². The largest absolute Gasteiger partial charge is 0.478 e. The summed E-state index contributed by atoms with van der Waals surface area (Å²) in [5.74, 6) is -1.31. The van der Waals surface area contributed by atoms with Crippen molar-refractivity contribution < 1.29 is 18.3 Å². The van der Waals surface area contributed by atoms with Crippen LogP contribution in [0.3, 0.4) is 0 Å². The molecule has 118 valence electrons. The number of anilines is 1. The molecule has 0 aliphatic heterocycles. The number of hydrogen-bond donors (Lipinski definition) is 2. The molecule has 0 spiro atoms. The van der Waals surface area contributed by atoms with Gasteiger partial charge in [0, 0.05) is 7.05 Å². The van der Waals surface area contributed by atoms with E-state index in [4.69, 9.17) is 11.6 Å². The molecular weight excluding hydrogens is 330 g/mol. The van der Waals surface area contributed by atoms with Gasteiger partial charge >= 0.3 is 5.97 Å². The van der Waals surface area contributed by atoms with Crippen LogP contribution in [0.2, 0.25) is 5.02 Å². The van der Waals surface area contributed by atoms with Crippen molar-refractivity contribution >= 4 is 33.3 Å². The Hall–Kier alpha value is -2.06. The Morgan fingerprint density at radius 1 is 1.36 bits per heavy atom. The molecule has 9 heteroatoms. The first-order valence-electron chi connectivity index (χ1n) is 6.19. The fourth-order valence-corrected chi connectivity index (χ4v) is 3.54. The zero-order valence-corrected chi connectivity index (χ0v) is 13.7. The van der Waals surface area contributed by atoms with E-state index >= 15 is 0 Å². The fraction of sp³-hybridized carbons (Fsp3) is 0.231. The van der Waals surface area contributed by atoms with Gasteiger partial charge in [-0.15, -0.1) is 0 Å². The summed E-state index contributed by atoms with van der Waals surface area (Å²) in [4.78, 5) is 11.3. The predicted octanol–water partition coefficient (Wildman–Crippen LogP) is 2.19. The maximum Gasteiger partial charge on any atom is 0.339 e. The molecule has 1 aromatic carbocycles. The molecule has 0 radical (unpaired) electrons. The third kappa shape index (κ3) is 2.79. The number of halogens is 1. The van der Waals surface area contributed by atoms with Gasteiger partial charge < -0.3 is 5.11 Å². The van der Waals surface area contributed by atoms with Crippen LogP contribution >= 0.6 is 11.6 Å². The predicted molar refractivity (Wildman–Crippen MR) is 81.9 cm³/mol. The van der Waals surface area contributed by atoms with E-state index in [2.05, 4.69) is 9.82 Å². The lowest BCUT2D eigenvalue weighted by Gasteiger charge is -2.14. The number of carbonyl (C=O) groups is 1. The van der Waals surface area contributed by atoms with E-state index < -0.39 is 16.0 Å². The molecule has 7 nitrogen and oxygen atoms in total. The second kappa shape index (κ2) is 5.62. The molecule has 0 saturated carbocycles. The van der Waals surface area contributed by atoms with Gasteiger partial charge in [0.25, 0.3) is 10.0 Å². The molecule has 1 heterocycles. The topological polar surface area (TPSA) is 101 Å². The van der Waals surface area contributed by atoms with Crippen molar-refractivity contribution in [3.8, 4) is 0 Å². The molecule has 1 aromatic heterocycles. The van der Waals surface area contributed by atoms with Gasteiger partial charge in [0.1, 0.15) is 10.5 Å². The minimum atomic E-state index is -3.97. The van der Waals surface area contributed by atoms with Crippen LogP contribution in [-0.4, -0.2) is 29.3 Å². The number of nitrogens with one attached hydrogen (secondary N) is 1. The van der Waals surface area contributed by atoms with Gasteiger partial charge in [0.15, 0.2) is 0 Å². The van der Waals surface area contributed by atoms with E-state index in [9.17, 15) is 18.3 Å². The lowest BCUT2D eigenvalue weighted by atomic mass is 10.1. The maximum atomic E-state index is 12.5. The average molecular weight is 344 g/mol. The summed E-state index contributed by atoms with van der Waals surface area (Å²) in [6.45, 7) is 3.20. The molecule has 0 unspecified atom stereocenters. The monoisotopic (exact) mass is 343 g/mol. The quantitative estimate of drug-likeness (QED) is 0.886. The number of hydrogen-bond acceptors (Lipinski definition) is 4. The Balaban J connectivity index is 2.58. The lowest BCUT2D eigenvalue weighted by molar-refractivity contribution is 0.0698. The number of sulfonamides is 1. The van der Waals surface area contributed by atoms with Crippen LogP contribution in [0.1, 0.15) is 21.6 Å². The maximum absolute atomic E-state index is 12.5. The number of carboxylic acids is 1. The molecule has 0 amide bonds. The van der Waals surface area contributed by atoms with Crippen molar-refractivity contribution in [1.82, 2.24) is 9.78 Å². The van der Waals surface area contributed by atoms with E-state index in [1.54, 1.807) is 27.0 Å². The first-order chi connectivity index (χ1) is 10.1. The number of aromatic nitrogens is 2. The summed E-state index contributed by atoms with van der Waals surface area (Å²) in [5.41, 5.74) is 0.547. The Morgan fingerprint density at radius 2 is 2.00 bits per heavy atom. The Labute approximate surface area is 132 Å². The highest BCUT2D eigenvalue weighted by atomic mass is 35.5. The van der Waals surface area contributed by atoms with E-state index in [1.165, 1.54) is 16.9 Å². The zero-order valence-electron chi connectivity index (χ0n) is 12.1. The molecule has 0 bridgehead atoms. The number of aryl methyl sites for hydroxylation is 2. The first-order valence-corrected chi connectivity index (χ1v) is 8.05. The Kier molecular flexibility index (Phi) is 4.17. The zero-order chi connectivity index (χ0) is 16.7. The highest BCUT2D eigenvalue weighted by Crippen LogP contribution is 2.30. The lowest BCUT2D eigenvalue weighted by Crippen LogP contribution is -2.17. The van der Waals surface area contributed by atoms with Crippen molar-refractivity contribution in [2.45, 2.75) is 18.7 Å². The Bertz CT molecular complexity index is 858. The van der Waals surface area contributed by atoms with E-state index in [1.807, 2.05) is 0 Å². The summed E-state index contributed by atoms with van der Waals surface area (Å²) in [6, 6.07) is 2.95. The van der Waals surface area contributed by atoms with Crippen LogP contribution in [0.5, 0.6) is 0 Å².